The first-order valence-electron chi connectivity index (χ1n) is 9.59. The fourth-order valence-corrected chi connectivity index (χ4v) is 5.27. The third kappa shape index (κ3) is 3.31. The summed E-state index contributed by atoms with van der Waals surface area (Å²) in [5.74, 6) is 0.0346. The van der Waals surface area contributed by atoms with Crippen molar-refractivity contribution in [1.82, 2.24) is 14.6 Å². The fourth-order valence-electron chi connectivity index (χ4n) is 4.20. The van der Waals surface area contributed by atoms with Gasteiger partial charge in [0.05, 0.1) is 22.9 Å². The second kappa shape index (κ2) is 7.44. The lowest BCUT2D eigenvalue weighted by Gasteiger charge is -2.34. The van der Waals surface area contributed by atoms with Crippen molar-refractivity contribution in [2.75, 3.05) is 31.5 Å². The van der Waals surface area contributed by atoms with Crippen molar-refractivity contribution >= 4 is 44.8 Å². The van der Waals surface area contributed by atoms with E-state index in [0.717, 1.165) is 55.1 Å². The lowest BCUT2D eigenvalue weighted by molar-refractivity contribution is -0.115. The standard InChI is InChI=1S/C21H21ClN4OS/c22-16-12-17-14(11-20(27)24-17)9-13(16)10-18(26-7-5-23-6-8-26)21-15-3-1-2-4-19(15)28-25-21/h1-4,9,12,18,23H,5-8,10-11H2,(H,24,27). The van der Waals surface area contributed by atoms with Crippen LogP contribution in [0.1, 0.15) is 22.9 Å². The van der Waals surface area contributed by atoms with Crippen LogP contribution in [0.25, 0.3) is 10.1 Å². The smallest absolute Gasteiger partial charge is 0.228 e. The van der Waals surface area contributed by atoms with Crippen LogP contribution in [-0.2, 0) is 17.6 Å². The Bertz CT molecular complexity index is 1040. The van der Waals surface area contributed by atoms with E-state index < -0.39 is 0 Å². The quantitative estimate of drug-likeness (QED) is 0.687. The maximum atomic E-state index is 11.7. The highest BCUT2D eigenvalue weighted by Gasteiger charge is 2.28. The molecule has 5 nitrogen and oxygen atoms in total. The van der Waals surface area contributed by atoms with Crippen molar-refractivity contribution < 1.29 is 4.79 Å². The van der Waals surface area contributed by atoms with Crippen molar-refractivity contribution in [2.24, 2.45) is 0 Å². The number of hydrogen-bond acceptors (Lipinski definition) is 5. The minimum atomic E-state index is 0.0346. The molecule has 1 amide bonds. The first kappa shape index (κ1) is 18.1. The number of halogens is 1. The van der Waals surface area contributed by atoms with Gasteiger partial charge >= 0.3 is 0 Å². The summed E-state index contributed by atoms with van der Waals surface area (Å²) >= 11 is 8.18. The highest BCUT2D eigenvalue weighted by Crippen LogP contribution is 2.36. The van der Waals surface area contributed by atoms with Crippen molar-refractivity contribution in [3.05, 3.63) is 58.2 Å². The second-order valence-electron chi connectivity index (χ2n) is 7.40. The predicted molar refractivity (Wildman–Crippen MR) is 114 cm³/mol. The molecule has 144 valence electrons. The average molecular weight is 413 g/mol. The van der Waals surface area contributed by atoms with Gasteiger partial charge in [-0.15, -0.1) is 0 Å². The largest absolute Gasteiger partial charge is 0.325 e. The molecular weight excluding hydrogens is 392 g/mol. The van der Waals surface area contributed by atoms with Crippen LogP contribution in [0.4, 0.5) is 5.69 Å². The zero-order valence-electron chi connectivity index (χ0n) is 15.4. The maximum absolute atomic E-state index is 11.7. The van der Waals surface area contributed by atoms with Crippen LogP contribution in [0.15, 0.2) is 36.4 Å². The number of fused-ring (bicyclic) bond motifs is 2. The maximum Gasteiger partial charge on any atom is 0.228 e. The van der Waals surface area contributed by atoms with E-state index in [1.165, 1.54) is 10.1 Å². The molecule has 1 atom stereocenters. The number of nitrogens with one attached hydrogen (secondary N) is 2. The molecule has 0 saturated carbocycles. The topological polar surface area (TPSA) is 57.3 Å². The van der Waals surface area contributed by atoms with Gasteiger partial charge in [-0.25, -0.2) is 0 Å². The third-order valence-electron chi connectivity index (χ3n) is 5.62. The molecule has 0 spiro atoms. The van der Waals surface area contributed by atoms with Gasteiger partial charge in [0.1, 0.15) is 0 Å². The first-order valence-corrected chi connectivity index (χ1v) is 10.7. The normalized spacial score (nSPS) is 18.2. The Labute approximate surface area is 172 Å². The second-order valence-corrected chi connectivity index (χ2v) is 8.61. The SMILES string of the molecule is O=C1Cc2cc(CC(c3nsc4ccccc34)N3CCNCC3)c(Cl)cc2N1. The molecule has 1 unspecified atom stereocenters. The van der Waals surface area contributed by atoms with E-state index >= 15 is 0 Å². The Morgan fingerprint density at radius 1 is 1.21 bits per heavy atom. The van der Waals surface area contributed by atoms with Gasteiger partial charge in [0, 0.05) is 42.3 Å². The molecule has 0 aliphatic carbocycles. The highest BCUT2D eigenvalue weighted by atomic mass is 35.5. The zero-order chi connectivity index (χ0) is 19.1. The van der Waals surface area contributed by atoms with Crippen LogP contribution in [-0.4, -0.2) is 41.4 Å². The number of carbonyl (C=O) groups excluding carboxylic acids is 1. The van der Waals surface area contributed by atoms with Crippen molar-refractivity contribution in [1.29, 1.82) is 0 Å². The molecule has 2 aromatic carbocycles. The number of anilines is 1. The summed E-state index contributed by atoms with van der Waals surface area (Å²) < 4.78 is 6.07. The molecule has 3 aromatic rings. The van der Waals surface area contributed by atoms with Crippen molar-refractivity contribution in [3.8, 4) is 0 Å². The molecule has 2 aliphatic heterocycles. The van der Waals surface area contributed by atoms with Gasteiger partial charge in [0.15, 0.2) is 0 Å². The molecule has 2 aliphatic rings. The van der Waals surface area contributed by atoms with Gasteiger partial charge in [-0.05, 0) is 41.2 Å². The number of benzene rings is 2. The monoisotopic (exact) mass is 412 g/mol. The van der Waals surface area contributed by atoms with Gasteiger partial charge in [0.25, 0.3) is 0 Å². The number of aromatic nitrogens is 1. The van der Waals surface area contributed by atoms with Gasteiger partial charge in [0.2, 0.25) is 5.91 Å². The van der Waals surface area contributed by atoms with E-state index in [4.69, 9.17) is 16.0 Å². The lowest BCUT2D eigenvalue weighted by Crippen LogP contribution is -2.45. The van der Waals surface area contributed by atoms with Gasteiger partial charge < -0.3 is 10.6 Å². The van der Waals surface area contributed by atoms with E-state index in [1.807, 2.05) is 6.07 Å². The van der Waals surface area contributed by atoms with E-state index in [2.05, 4.69) is 45.9 Å². The minimum absolute atomic E-state index is 0.0346. The van der Waals surface area contributed by atoms with Crippen LogP contribution >= 0.6 is 23.1 Å². The van der Waals surface area contributed by atoms with Crippen LogP contribution in [0, 0.1) is 0 Å². The molecule has 1 fully saturated rings. The molecule has 1 saturated heterocycles. The van der Waals surface area contributed by atoms with E-state index in [-0.39, 0.29) is 11.9 Å². The molecule has 7 heteroatoms. The molecule has 28 heavy (non-hydrogen) atoms. The molecule has 1 aromatic heterocycles. The molecule has 5 rings (SSSR count). The van der Waals surface area contributed by atoms with Crippen LogP contribution in [0.2, 0.25) is 5.02 Å². The number of amides is 1. The van der Waals surface area contributed by atoms with Crippen LogP contribution < -0.4 is 10.6 Å². The van der Waals surface area contributed by atoms with Crippen LogP contribution in [0.5, 0.6) is 0 Å². The zero-order valence-corrected chi connectivity index (χ0v) is 16.9. The predicted octanol–water partition coefficient (Wildman–Crippen LogP) is 3.63. The fraction of sp³-hybridized carbons (Fsp3) is 0.333. The summed E-state index contributed by atoms with van der Waals surface area (Å²) in [7, 11) is 0. The summed E-state index contributed by atoms with van der Waals surface area (Å²) in [4.78, 5) is 14.3. The van der Waals surface area contributed by atoms with E-state index in [9.17, 15) is 4.79 Å². The first-order chi connectivity index (χ1) is 13.7. The van der Waals surface area contributed by atoms with Gasteiger partial charge in [-0.1, -0.05) is 35.9 Å². The average Bonchev–Trinajstić information content (AvgIpc) is 3.29. The lowest BCUT2D eigenvalue weighted by atomic mass is 9.97. The van der Waals surface area contributed by atoms with Crippen molar-refractivity contribution in [3.63, 3.8) is 0 Å². The number of piperazine rings is 1. The van der Waals surface area contributed by atoms with Gasteiger partial charge in [-0.3, -0.25) is 9.69 Å². The Kier molecular flexibility index (Phi) is 4.80. The summed E-state index contributed by atoms with van der Waals surface area (Å²) in [6.07, 6.45) is 1.21. The summed E-state index contributed by atoms with van der Waals surface area (Å²) in [5, 5.41) is 8.25. The molecule has 3 heterocycles. The molecule has 2 N–H and O–H groups in total. The number of carbonyl (C=O) groups is 1. The van der Waals surface area contributed by atoms with E-state index in [0.29, 0.717) is 11.4 Å². The number of hydrogen-bond donors (Lipinski definition) is 2. The Morgan fingerprint density at radius 2 is 2.04 bits per heavy atom. The molecule has 0 radical (unpaired) electrons. The van der Waals surface area contributed by atoms with Crippen molar-refractivity contribution in [2.45, 2.75) is 18.9 Å². The van der Waals surface area contributed by atoms with Gasteiger partial charge in [-0.2, -0.15) is 4.37 Å². The molecular formula is C21H21ClN4OS. The number of rotatable bonds is 4. The Morgan fingerprint density at radius 3 is 2.89 bits per heavy atom. The third-order valence-corrected chi connectivity index (χ3v) is 6.82. The molecule has 0 bridgehead atoms. The minimum Gasteiger partial charge on any atom is -0.325 e. The number of nitrogens with zero attached hydrogens (tertiary/aromatic N) is 2. The van der Waals surface area contributed by atoms with Crippen LogP contribution in [0.3, 0.4) is 0 Å². The summed E-state index contributed by atoms with van der Waals surface area (Å²) in [6.45, 7) is 3.93. The summed E-state index contributed by atoms with van der Waals surface area (Å²) in [6, 6.07) is 12.6. The Balaban J connectivity index is 1.54. The van der Waals surface area contributed by atoms with E-state index in [1.54, 1.807) is 11.5 Å². The Hall–Kier alpha value is -1.99. The summed E-state index contributed by atoms with van der Waals surface area (Å²) in [5.41, 5.74) is 4.09. The highest BCUT2D eigenvalue weighted by molar-refractivity contribution is 7.13.